The highest BCUT2D eigenvalue weighted by atomic mass is 16.5. The molecule has 1 aromatic carbocycles. The Morgan fingerprint density at radius 2 is 2.09 bits per heavy atom. The van der Waals surface area contributed by atoms with Crippen LogP contribution < -0.4 is 15.8 Å². The Bertz CT molecular complexity index is 681. The molecule has 7 nitrogen and oxygen atoms in total. The third-order valence-electron chi connectivity index (χ3n) is 2.98. The van der Waals surface area contributed by atoms with Gasteiger partial charge in [-0.3, -0.25) is 9.59 Å². The average Bonchev–Trinajstić information content (AvgIpc) is 2.96. The molecule has 1 aromatic heterocycles. The number of carbonyl (C=O) groups is 2. The molecular weight excluding hydrogens is 286 g/mol. The molecule has 1 unspecified atom stereocenters. The van der Waals surface area contributed by atoms with Crippen molar-refractivity contribution in [2.75, 3.05) is 0 Å². The number of benzene rings is 1. The first kappa shape index (κ1) is 15.6. The number of hydrogen-bond acceptors (Lipinski definition) is 5. The predicted octanol–water partition coefficient (Wildman–Crippen LogP) is 1.69. The number of hydrogen-bond donors (Lipinski definition) is 2. The molecule has 0 radical (unpaired) electrons. The van der Waals surface area contributed by atoms with Crippen LogP contribution in [0.15, 0.2) is 35.1 Å². The van der Waals surface area contributed by atoms with Crippen molar-refractivity contribution in [2.45, 2.75) is 26.5 Å². The number of ether oxygens (including phenoxy) is 1. The van der Waals surface area contributed by atoms with Gasteiger partial charge in [-0.1, -0.05) is 30.3 Å². The Hall–Kier alpha value is -2.83. The first-order valence-corrected chi connectivity index (χ1v) is 6.80. The summed E-state index contributed by atoms with van der Waals surface area (Å²) >= 11 is 0. The van der Waals surface area contributed by atoms with Crippen LogP contribution in [0.4, 0.5) is 0 Å². The van der Waals surface area contributed by atoms with Gasteiger partial charge in [0, 0.05) is 18.9 Å². The highest BCUT2D eigenvalue weighted by Gasteiger charge is 2.19. The maximum atomic E-state index is 11.4. The maximum Gasteiger partial charge on any atom is 0.271 e. The lowest BCUT2D eigenvalue weighted by atomic mass is 10.1. The lowest BCUT2D eigenvalue weighted by molar-refractivity contribution is -0.121. The van der Waals surface area contributed by atoms with Crippen LogP contribution in [0, 0.1) is 0 Å². The third kappa shape index (κ3) is 3.43. The molecule has 0 aliphatic rings. The van der Waals surface area contributed by atoms with Gasteiger partial charge in [-0.2, -0.15) is 0 Å². The number of nitrogens with two attached hydrogens (primary N) is 1. The van der Waals surface area contributed by atoms with Crippen LogP contribution in [0.2, 0.25) is 0 Å². The van der Waals surface area contributed by atoms with E-state index in [4.69, 9.17) is 15.0 Å². The highest BCUT2D eigenvalue weighted by molar-refractivity contribution is 5.98. The Kier molecular flexibility index (Phi) is 4.77. The first-order chi connectivity index (χ1) is 10.5. The lowest BCUT2D eigenvalue weighted by Gasteiger charge is -2.20. The van der Waals surface area contributed by atoms with Crippen LogP contribution in [0.25, 0.3) is 11.1 Å². The van der Waals surface area contributed by atoms with Crippen LogP contribution in [0.5, 0.6) is 5.75 Å². The number of nitrogens with zero attached hydrogens (tertiary/aromatic N) is 1. The van der Waals surface area contributed by atoms with Gasteiger partial charge in [0.15, 0.2) is 11.9 Å². The summed E-state index contributed by atoms with van der Waals surface area (Å²) < 4.78 is 10.6. The predicted molar refractivity (Wildman–Crippen MR) is 79.0 cm³/mol. The van der Waals surface area contributed by atoms with Crippen molar-refractivity contribution in [2.24, 2.45) is 5.73 Å². The number of aromatic nitrogens is 1. The summed E-state index contributed by atoms with van der Waals surface area (Å²) in [5, 5.41) is 6.30. The molecule has 116 valence electrons. The van der Waals surface area contributed by atoms with Gasteiger partial charge in [-0.15, -0.1) is 0 Å². The van der Waals surface area contributed by atoms with Gasteiger partial charge < -0.3 is 20.3 Å². The molecule has 2 rings (SSSR count). The van der Waals surface area contributed by atoms with Gasteiger partial charge in [-0.25, -0.2) is 0 Å². The van der Waals surface area contributed by atoms with Gasteiger partial charge in [-0.05, 0) is 6.07 Å². The molecule has 0 saturated carbocycles. The molecule has 0 bridgehead atoms. The van der Waals surface area contributed by atoms with E-state index in [0.717, 1.165) is 0 Å². The lowest BCUT2D eigenvalue weighted by Crippen LogP contribution is -2.37. The van der Waals surface area contributed by atoms with Crippen LogP contribution in [-0.4, -0.2) is 23.2 Å². The van der Waals surface area contributed by atoms with Gasteiger partial charge >= 0.3 is 0 Å². The quantitative estimate of drug-likeness (QED) is 0.790. The number of para-hydroxylation sites is 1. The third-order valence-corrected chi connectivity index (χ3v) is 2.98. The van der Waals surface area contributed by atoms with Crippen molar-refractivity contribution in [3.05, 3.63) is 36.2 Å². The normalized spacial score (nSPS) is 11.7. The summed E-state index contributed by atoms with van der Waals surface area (Å²) in [5.41, 5.74) is 6.37. The topological polar surface area (TPSA) is 107 Å². The number of nitrogens with one attached hydrogen (secondary N) is 1. The highest BCUT2D eigenvalue weighted by Crippen LogP contribution is 2.32. The SMILES string of the molecule is CCC(NC(C)=O)Oc1ccccc1-c1conc1C(N)=O. The maximum absolute atomic E-state index is 11.4. The van der Waals surface area contributed by atoms with Crippen molar-refractivity contribution < 1.29 is 18.8 Å². The largest absolute Gasteiger partial charge is 0.470 e. The summed E-state index contributed by atoms with van der Waals surface area (Å²) in [7, 11) is 0. The monoisotopic (exact) mass is 303 g/mol. The molecular formula is C15H17N3O4. The van der Waals surface area contributed by atoms with Gasteiger partial charge in [0.2, 0.25) is 5.91 Å². The zero-order chi connectivity index (χ0) is 16.1. The first-order valence-electron chi connectivity index (χ1n) is 6.80. The van der Waals surface area contributed by atoms with E-state index in [1.807, 2.05) is 6.92 Å². The molecule has 22 heavy (non-hydrogen) atoms. The van der Waals surface area contributed by atoms with Crippen LogP contribution in [0.3, 0.4) is 0 Å². The minimum atomic E-state index is -0.688. The second-order valence-corrected chi connectivity index (χ2v) is 4.65. The number of amides is 2. The van der Waals surface area contributed by atoms with E-state index < -0.39 is 12.1 Å². The summed E-state index contributed by atoms with van der Waals surface area (Å²) in [4.78, 5) is 22.6. The number of carbonyl (C=O) groups excluding carboxylic acids is 2. The fourth-order valence-corrected chi connectivity index (χ4v) is 1.99. The minimum absolute atomic E-state index is 0.0311. The smallest absolute Gasteiger partial charge is 0.271 e. The Morgan fingerprint density at radius 3 is 2.73 bits per heavy atom. The fourth-order valence-electron chi connectivity index (χ4n) is 1.99. The molecule has 0 spiro atoms. The fraction of sp³-hybridized carbons (Fsp3) is 0.267. The summed E-state index contributed by atoms with van der Waals surface area (Å²) in [6.07, 6.45) is 1.44. The van der Waals surface area contributed by atoms with Crippen molar-refractivity contribution in [3.63, 3.8) is 0 Å². The van der Waals surface area contributed by atoms with E-state index in [0.29, 0.717) is 23.3 Å². The van der Waals surface area contributed by atoms with Gasteiger partial charge in [0.1, 0.15) is 12.0 Å². The van der Waals surface area contributed by atoms with E-state index in [-0.39, 0.29) is 11.6 Å². The second-order valence-electron chi connectivity index (χ2n) is 4.65. The van der Waals surface area contributed by atoms with E-state index >= 15 is 0 Å². The van der Waals surface area contributed by atoms with Crippen LogP contribution in [0.1, 0.15) is 30.8 Å². The van der Waals surface area contributed by atoms with E-state index in [9.17, 15) is 9.59 Å². The molecule has 0 aliphatic carbocycles. The molecule has 1 heterocycles. The Morgan fingerprint density at radius 1 is 1.36 bits per heavy atom. The number of primary amides is 1. The van der Waals surface area contributed by atoms with E-state index in [1.54, 1.807) is 24.3 Å². The van der Waals surface area contributed by atoms with Crippen molar-refractivity contribution in [1.82, 2.24) is 10.5 Å². The molecule has 2 aromatic rings. The molecule has 0 aliphatic heterocycles. The zero-order valence-electron chi connectivity index (χ0n) is 12.3. The Labute approximate surface area is 127 Å². The molecule has 1 atom stereocenters. The van der Waals surface area contributed by atoms with Gasteiger partial charge in [0.25, 0.3) is 5.91 Å². The standard InChI is InChI=1S/C15H17N3O4/c1-3-13(17-9(2)19)22-12-7-5-4-6-10(12)11-8-21-18-14(11)15(16)20/h4-8,13H,3H2,1-2H3,(H2,16,20)(H,17,19). The number of rotatable bonds is 6. The molecule has 3 N–H and O–H groups in total. The van der Waals surface area contributed by atoms with E-state index in [2.05, 4.69) is 10.5 Å². The Balaban J connectivity index is 2.36. The zero-order valence-corrected chi connectivity index (χ0v) is 12.3. The summed E-state index contributed by atoms with van der Waals surface area (Å²) in [6, 6.07) is 7.07. The average molecular weight is 303 g/mol. The van der Waals surface area contributed by atoms with E-state index in [1.165, 1.54) is 13.2 Å². The van der Waals surface area contributed by atoms with Crippen molar-refractivity contribution in [3.8, 4) is 16.9 Å². The summed E-state index contributed by atoms with van der Waals surface area (Å²) in [6.45, 7) is 3.31. The molecule has 2 amide bonds. The van der Waals surface area contributed by atoms with Crippen molar-refractivity contribution >= 4 is 11.8 Å². The van der Waals surface area contributed by atoms with Crippen molar-refractivity contribution in [1.29, 1.82) is 0 Å². The van der Waals surface area contributed by atoms with Gasteiger partial charge in [0.05, 0.1) is 5.56 Å². The molecule has 0 fully saturated rings. The summed E-state index contributed by atoms with van der Waals surface area (Å²) in [5.74, 6) is -0.381. The molecule has 7 heteroatoms. The van der Waals surface area contributed by atoms with Crippen LogP contribution >= 0.6 is 0 Å². The van der Waals surface area contributed by atoms with Crippen LogP contribution in [-0.2, 0) is 4.79 Å². The molecule has 0 saturated heterocycles. The minimum Gasteiger partial charge on any atom is -0.470 e. The second kappa shape index (κ2) is 6.75.